The molecular formula is C15H23N3O2. The number of aromatic nitrogens is 1. The van der Waals surface area contributed by atoms with E-state index >= 15 is 0 Å². The van der Waals surface area contributed by atoms with Crippen LogP contribution in [0, 0.1) is 6.92 Å². The van der Waals surface area contributed by atoms with E-state index < -0.39 is 5.60 Å². The summed E-state index contributed by atoms with van der Waals surface area (Å²) in [6.07, 6.45) is 2.43. The van der Waals surface area contributed by atoms with Crippen LogP contribution in [-0.4, -0.2) is 35.8 Å². The Morgan fingerprint density at radius 2 is 2.20 bits per heavy atom. The molecular weight excluding hydrogens is 254 g/mol. The molecule has 5 nitrogen and oxygen atoms in total. The third-order valence-corrected chi connectivity index (χ3v) is 3.13. The molecule has 2 rings (SSSR count). The maximum absolute atomic E-state index is 11.7. The number of hydrogen-bond donors (Lipinski definition) is 1. The van der Waals surface area contributed by atoms with Crippen molar-refractivity contribution >= 4 is 11.9 Å². The number of nitrogens with zero attached hydrogens (tertiary/aromatic N) is 2. The predicted molar refractivity (Wildman–Crippen MR) is 79.0 cm³/mol. The number of hydrogen-bond acceptors (Lipinski definition) is 4. The van der Waals surface area contributed by atoms with Crippen LogP contribution in [0.1, 0.15) is 32.8 Å². The first-order chi connectivity index (χ1) is 9.33. The van der Waals surface area contributed by atoms with E-state index in [0.717, 1.165) is 30.9 Å². The van der Waals surface area contributed by atoms with Gasteiger partial charge in [-0.3, -0.25) is 0 Å². The minimum Gasteiger partial charge on any atom is -0.444 e. The van der Waals surface area contributed by atoms with Gasteiger partial charge in [0.1, 0.15) is 11.4 Å². The lowest BCUT2D eigenvalue weighted by molar-refractivity contribution is 0.0509. The van der Waals surface area contributed by atoms with Gasteiger partial charge in [0.05, 0.1) is 6.04 Å². The Labute approximate surface area is 120 Å². The van der Waals surface area contributed by atoms with Gasteiger partial charge in [-0.05, 0) is 45.7 Å². The Hall–Kier alpha value is -1.78. The van der Waals surface area contributed by atoms with Crippen LogP contribution in [0.2, 0.25) is 0 Å². The lowest BCUT2D eigenvalue weighted by atomic mass is 10.2. The summed E-state index contributed by atoms with van der Waals surface area (Å²) in [5.41, 5.74) is 0.692. The van der Waals surface area contributed by atoms with Gasteiger partial charge in [0.2, 0.25) is 0 Å². The zero-order chi connectivity index (χ0) is 14.8. The fourth-order valence-corrected chi connectivity index (χ4v) is 2.21. The summed E-state index contributed by atoms with van der Waals surface area (Å²) in [4.78, 5) is 18.3. The van der Waals surface area contributed by atoms with Crippen molar-refractivity contribution in [1.29, 1.82) is 0 Å². The molecule has 1 fully saturated rings. The first-order valence-electron chi connectivity index (χ1n) is 7.00. The summed E-state index contributed by atoms with van der Waals surface area (Å²) >= 11 is 0. The van der Waals surface area contributed by atoms with Gasteiger partial charge < -0.3 is 15.0 Å². The van der Waals surface area contributed by atoms with Crippen molar-refractivity contribution < 1.29 is 9.53 Å². The van der Waals surface area contributed by atoms with Crippen LogP contribution < -0.4 is 10.2 Å². The second-order valence-electron chi connectivity index (χ2n) is 6.27. The highest BCUT2D eigenvalue weighted by Crippen LogP contribution is 2.18. The molecule has 0 bridgehead atoms. The quantitative estimate of drug-likeness (QED) is 0.902. The molecule has 0 aliphatic carbocycles. The van der Waals surface area contributed by atoms with E-state index in [1.165, 1.54) is 0 Å². The zero-order valence-corrected chi connectivity index (χ0v) is 12.6. The SMILES string of the molecule is Cc1ccc(N2CC[C@@H](NC(=O)OC(C)(C)C)C2)nc1. The normalized spacial score (nSPS) is 19.0. The van der Waals surface area contributed by atoms with Gasteiger partial charge in [0.15, 0.2) is 0 Å². The molecule has 0 saturated carbocycles. The number of nitrogens with one attached hydrogen (secondary N) is 1. The van der Waals surface area contributed by atoms with Crippen LogP contribution in [0.15, 0.2) is 18.3 Å². The van der Waals surface area contributed by atoms with Crippen LogP contribution >= 0.6 is 0 Å². The lowest BCUT2D eigenvalue weighted by Crippen LogP contribution is -2.40. The average Bonchev–Trinajstić information content (AvgIpc) is 2.75. The summed E-state index contributed by atoms with van der Waals surface area (Å²) in [5.74, 6) is 0.962. The summed E-state index contributed by atoms with van der Waals surface area (Å²) in [7, 11) is 0. The fourth-order valence-electron chi connectivity index (χ4n) is 2.21. The van der Waals surface area contributed by atoms with Crippen LogP contribution in [0.4, 0.5) is 10.6 Å². The first-order valence-corrected chi connectivity index (χ1v) is 7.00. The second-order valence-corrected chi connectivity index (χ2v) is 6.27. The summed E-state index contributed by atoms with van der Waals surface area (Å²) in [6, 6.07) is 4.19. The standard InChI is InChI=1S/C15H23N3O2/c1-11-5-6-13(16-9-11)18-8-7-12(10-18)17-14(19)20-15(2,3)4/h5-6,9,12H,7-8,10H2,1-4H3,(H,17,19)/t12-/m1/s1. The molecule has 1 amide bonds. The van der Waals surface area contributed by atoms with E-state index in [0.29, 0.717) is 0 Å². The Balaban J connectivity index is 1.86. The number of anilines is 1. The molecule has 1 aromatic rings. The van der Waals surface area contributed by atoms with Crippen LogP contribution in [-0.2, 0) is 4.74 Å². The number of alkyl carbamates (subject to hydrolysis) is 1. The number of aryl methyl sites for hydroxylation is 1. The Morgan fingerprint density at radius 3 is 2.80 bits per heavy atom. The maximum atomic E-state index is 11.7. The highest BCUT2D eigenvalue weighted by molar-refractivity contribution is 5.68. The number of amides is 1. The van der Waals surface area contributed by atoms with Crippen LogP contribution in [0.5, 0.6) is 0 Å². The van der Waals surface area contributed by atoms with Crippen molar-refractivity contribution in [3.05, 3.63) is 23.9 Å². The molecule has 1 aromatic heterocycles. The van der Waals surface area contributed by atoms with E-state index in [2.05, 4.69) is 21.3 Å². The van der Waals surface area contributed by atoms with Gasteiger partial charge in [0, 0.05) is 19.3 Å². The fraction of sp³-hybridized carbons (Fsp3) is 0.600. The smallest absolute Gasteiger partial charge is 0.407 e. The third-order valence-electron chi connectivity index (χ3n) is 3.13. The Bertz CT molecular complexity index is 465. The molecule has 1 N–H and O–H groups in total. The molecule has 0 aromatic carbocycles. The topological polar surface area (TPSA) is 54.5 Å². The van der Waals surface area contributed by atoms with E-state index in [-0.39, 0.29) is 12.1 Å². The van der Waals surface area contributed by atoms with Crippen LogP contribution in [0.25, 0.3) is 0 Å². The van der Waals surface area contributed by atoms with Crippen molar-refractivity contribution in [2.45, 2.75) is 45.8 Å². The lowest BCUT2D eigenvalue weighted by Gasteiger charge is -2.22. The molecule has 0 radical (unpaired) electrons. The molecule has 1 saturated heterocycles. The van der Waals surface area contributed by atoms with E-state index in [9.17, 15) is 4.79 Å². The van der Waals surface area contributed by atoms with Crippen molar-refractivity contribution in [3.63, 3.8) is 0 Å². The number of rotatable bonds is 2. The van der Waals surface area contributed by atoms with Crippen molar-refractivity contribution in [3.8, 4) is 0 Å². The van der Waals surface area contributed by atoms with E-state index in [4.69, 9.17) is 4.74 Å². The molecule has 110 valence electrons. The largest absolute Gasteiger partial charge is 0.444 e. The van der Waals surface area contributed by atoms with Gasteiger partial charge in [-0.15, -0.1) is 0 Å². The Morgan fingerprint density at radius 1 is 1.45 bits per heavy atom. The van der Waals surface area contributed by atoms with Gasteiger partial charge >= 0.3 is 6.09 Å². The molecule has 20 heavy (non-hydrogen) atoms. The highest BCUT2D eigenvalue weighted by atomic mass is 16.6. The van der Waals surface area contributed by atoms with Gasteiger partial charge in [-0.2, -0.15) is 0 Å². The minimum absolute atomic E-state index is 0.118. The van der Waals surface area contributed by atoms with Crippen molar-refractivity contribution in [2.24, 2.45) is 0 Å². The molecule has 1 atom stereocenters. The Kier molecular flexibility index (Phi) is 4.16. The third kappa shape index (κ3) is 4.11. The summed E-state index contributed by atoms with van der Waals surface area (Å²) in [6.45, 7) is 9.29. The first kappa shape index (κ1) is 14.6. The molecule has 0 spiro atoms. The maximum Gasteiger partial charge on any atom is 0.407 e. The number of carbonyl (C=O) groups excluding carboxylic acids is 1. The van der Waals surface area contributed by atoms with Gasteiger partial charge in [-0.25, -0.2) is 9.78 Å². The number of ether oxygens (including phenoxy) is 1. The summed E-state index contributed by atoms with van der Waals surface area (Å²) < 4.78 is 5.27. The number of carbonyl (C=O) groups is 1. The van der Waals surface area contributed by atoms with E-state index in [1.807, 2.05) is 40.0 Å². The summed E-state index contributed by atoms with van der Waals surface area (Å²) in [5, 5.41) is 2.92. The van der Waals surface area contributed by atoms with Crippen molar-refractivity contribution in [1.82, 2.24) is 10.3 Å². The van der Waals surface area contributed by atoms with Gasteiger partial charge in [0.25, 0.3) is 0 Å². The highest BCUT2D eigenvalue weighted by Gasteiger charge is 2.26. The predicted octanol–water partition coefficient (Wildman–Crippen LogP) is 2.49. The molecule has 1 aliphatic rings. The molecule has 0 unspecified atom stereocenters. The molecule has 1 aliphatic heterocycles. The average molecular weight is 277 g/mol. The van der Waals surface area contributed by atoms with E-state index in [1.54, 1.807) is 0 Å². The zero-order valence-electron chi connectivity index (χ0n) is 12.6. The van der Waals surface area contributed by atoms with Crippen LogP contribution in [0.3, 0.4) is 0 Å². The monoisotopic (exact) mass is 277 g/mol. The molecule has 5 heteroatoms. The number of pyridine rings is 1. The minimum atomic E-state index is -0.457. The molecule has 2 heterocycles. The van der Waals surface area contributed by atoms with Gasteiger partial charge in [-0.1, -0.05) is 6.07 Å². The van der Waals surface area contributed by atoms with Crippen molar-refractivity contribution in [2.75, 3.05) is 18.0 Å². The second kappa shape index (κ2) is 5.69.